The van der Waals surface area contributed by atoms with Gasteiger partial charge in [0.15, 0.2) is 5.69 Å². The van der Waals surface area contributed by atoms with Gasteiger partial charge in [0.25, 0.3) is 5.91 Å². The summed E-state index contributed by atoms with van der Waals surface area (Å²) >= 11 is 1.51. The van der Waals surface area contributed by atoms with E-state index in [2.05, 4.69) is 15.4 Å². The molecule has 2 heterocycles. The third kappa shape index (κ3) is 2.62. The Morgan fingerprint density at radius 1 is 1.65 bits per heavy atom. The van der Waals surface area contributed by atoms with Gasteiger partial charge in [0.05, 0.1) is 12.2 Å². The predicted octanol–water partition coefficient (Wildman–Crippen LogP) is 0.697. The highest BCUT2D eigenvalue weighted by atomic mass is 32.1. The number of aromatic nitrogens is 3. The number of amides is 1. The fourth-order valence-electron chi connectivity index (χ4n) is 1.41. The fourth-order valence-corrected chi connectivity index (χ4v) is 2.12. The molecule has 6 nitrogen and oxygen atoms in total. The molecule has 1 amide bonds. The van der Waals surface area contributed by atoms with Crippen molar-refractivity contribution in [2.24, 2.45) is 7.05 Å². The van der Waals surface area contributed by atoms with Crippen molar-refractivity contribution >= 4 is 22.9 Å². The van der Waals surface area contributed by atoms with Gasteiger partial charge >= 0.3 is 0 Å². The summed E-state index contributed by atoms with van der Waals surface area (Å²) in [6.07, 6.45) is 1.60. The van der Waals surface area contributed by atoms with E-state index in [9.17, 15) is 4.79 Å². The Balaban J connectivity index is 2.00. The van der Waals surface area contributed by atoms with Gasteiger partial charge in [-0.2, -0.15) is 5.10 Å². The average Bonchev–Trinajstić information content (AvgIpc) is 2.81. The second-order valence-corrected chi connectivity index (χ2v) is 4.61. The minimum absolute atomic E-state index is 0.251. The van der Waals surface area contributed by atoms with E-state index in [0.29, 0.717) is 12.2 Å². The van der Waals surface area contributed by atoms with E-state index in [-0.39, 0.29) is 11.6 Å². The Kier molecular flexibility index (Phi) is 3.10. The van der Waals surface area contributed by atoms with Gasteiger partial charge in [-0.15, -0.1) is 11.3 Å². The van der Waals surface area contributed by atoms with Gasteiger partial charge in [0.1, 0.15) is 5.01 Å². The lowest BCUT2D eigenvalue weighted by Gasteiger charge is -2.00. The molecule has 0 aliphatic heterocycles. The highest BCUT2D eigenvalue weighted by molar-refractivity contribution is 7.09. The summed E-state index contributed by atoms with van der Waals surface area (Å²) in [4.78, 5) is 16.0. The zero-order valence-electron chi connectivity index (χ0n) is 9.60. The summed E-state index contributed by atoms with van der Waals surface area (Å²) in [6.45, 7) is 2.31. The maximum absolute atomic E-state index is 11.8. The molecule has 0 bridgehead atoms. The van der Waals surface area contributed by atoms with Crippen LogP contribution in [-0.4, -0.2) is 20.7 Å². The zero-order valence-corrected chi connectivity index (χ0v) is 10.4. The van der Waals surface area contributed by atoms with E-state index in [1.54, 1.807) is 13.2 Å². The molecule has 0 saturated heterocycles. The van der Waals surface area contributed by atoms with Crippen LogP contribution in [0.25, 0.3) is 0 Å². The van der Waals surface area contributed by atoms with Gasteiger partial charge in [0, 0.05) is 24.3 Å². The van der Waals surface area contributed by atoms with Crippen molar-refractivity contribution in [1.29, 1.82) is 0 Å². The summed E-state index contributed by atoms with van der Waals surface area (Å²) in [7, 11) is 1.72. The Labute approximate surface area is 102 Å². The Morgan fingerprint density at radius 2 is 2.41 bits per heavy atom. The second kappa shape index (κ2) is 4.54. The first kappa shape index (κ1) is 11.6. The topological polar surface area (TPSA) is 85.8 Å². The molecule has 0 spiro atoms. The van der Waals surface area contributed by atoms with Crippen LogP contribution in [0.1, 0.15) is 21.2 Å². The number of nitrogens with one attached hydrogen (secondary N) is 1. The molecule has 0 unspecified atom stereocenters. The second-order valence-electron chi connectivity index (χ2n) is 3.67. The van der Waals surface area contributed by atoms with E-state index in [1.165, 1.54) is 16.0 Å². The highest BCUT2D eigenvalue weighted by Gasteiger charge is 2.13. The number of rotatable bonds is 3. The lowest BCUT2D eigenvalue weighted by molar-refractivity contribution is 0.0946. The van der Waals surface area contributed by atoms with Gasteiger partial charge in [-0.05, 0) is 6.92 Å². The normalized spacial score (nSPS) is 10.5. The van der Waals surface area contributed by atoms with Crippen LogP contribution in [0.15, 0.2) is 11.6 Å². The summed E-state index contributed by atoms with van der Waals surface area (Å²) in [6, 6.07) is 0. The monoisotopic (exact) mass is 251 g/mol. The number of anilines is 1. The molecule has 7 heteroatoms. The molecule has 17 heavy (non-hydrogen) atoms. The van der Waals surface area contributed by atoms with Gasteiger partial charge in [-0.1, -0.05) is 0 Å². The molecule has 2 rings (SSSR count). The summed E-state index contributed by atoms with van der Waals surface area (Å²) in [5.41, 5.74) is 7.24. The third-order valence-electron chi connectivity index (χ3n) is 2.14. The fraction of sp³-hybridized carbons (Fsp3) is 0.300. The van der Waals surface area contributed by atoms with Crippen molar-refractivity contribution in [3.63, 3.8) is 0 Å². The number of carbonyl (C=O) groups is 1. The Bertz CT molecular complexity index is 545. The molecule has 0 atom stereocenters. The van der Waals surface area contributed by atoms with Crippen LogP contribution >= 0.6 is 11.3 Å². The van der Waals surface area contributed by atoms with E-state index in [1.807, 2.05) is 12.3 Å². The van der Waals surface area contributed by atoms with Crippen LogP contribution in [0.3, 0.4) is 0 Å². The van der Waals surface area contributed by atoms with Crippen LogP contribution in [0.4, 0.5) is 5.69 Å². The average molecular weight is 251 g/mol. The van der Waals surface area contributed by atoms with Gasteiger partial charge < -0.3 is 11.1 Å². The first-order chi connectivity index (χ1) is 8.06. The number of hydrogen-bond donors (Lipinski definition) is 2. The number of nitrogen functional groups attached to an aromatic ring is 1. The number of hydrogen-bond acceptors (Lipinski definition) is 5. The van der Waals surface area contributed by atoms with Crippen LogP contribution in [-0.2, 0) is 13.6 Å². The summed E-state index contributed by atoms with van der Waals surface area (Å²) in [5.74, 6) is -0.282. The Hall–Kier alpha value is -1.89. The van der Waals surface area contributed by atoms with E-state index in [4.69, 9.17) is 5.73 Å². The first-order valence-corrected chi connectivity index (χ1v) is 5.92. The maximum Gasteiger partial charge on any atom is 0.274 e. The first-order valence-electron chi connectivity index (χ1n) is 5.04. The largest absolute Gasteiger partial charge is 0.396 e. The van der Waals surface area contributed by atoms with Crippen molar-refractivity contribution in [3.8, 4) is 0 Å². The maximum atomic E-state index is 11.8. The molecule has 90 valence electrons. The number of nitrogens with zero attached hydrogens (tertiary/aromatic N) is 3. The van der Waals surface area contributed by atoms with Gasteiger partial charge in [-0.3, -0.25) is 9.48 Å². The van der Waals surface area contributed by atoms with Crippen molar-refractivity contribution < 1.29 is 4.79 Å². The van der Waals surface area contributed by atoms with Crippen molar-refractivity contribution in [3.05, 3.63) is 28.0 Å². The lowest BCUT2D eigenvalue weighted by Crippen LogP contribution is -2.24. The van der Waals surface area contributed by atoms with Gasteiger partial charge in [0.2, 0.25) is 0 Å². The number of nitrogens with two attached hydrogens (primary N) is 1. The van der Waals surface area contributed by atoms with E-state index < -0.39 is 0 Å². The number of carbonyl (C=O) groups excluding carboxylic acids is 1. The molecule has 0 aliphatic carbocycles. The lowest BCUT2D eigenvalue weighted by atomic mass is 10.3. The summed E-state index contributed by atoms with van der Waals surface area (Å²) < 4.78 is 1.51. The quantitative estimate of drug-likeness (QED) is 0.840. The molecule has 0 radical (unpaired) electrons. The van der Waals surface area contributed by atoms with Crippen molar-refractivity contribution in [2.45, 2.75) is 13.5 Å². The van der Waals surface area contributed by atoms with Crippen LogP contribution in [0.2, 0.25) is 0 Å². The molecule has 0 fully saturated rings. The minimum Gasteiger partial charge on any atom is -0.396 e. The molecule has 0 saturated carbocycles. The molecule has 3 N–H and O–H groups in total. The zero-order chi connectivity index (χ0) is 12.4. The van der Waals surface area contributed by atoms with Crippen LogP contribution < -0.4 is 11.1 Å². The van der Waals surface area contributed by atoms with Crippen LogP contribution in [0, 0.1) is 6.92 Å². The molecule has 2 aromatic rings. The van der Waals surface area contributed by atoms with Crippen molar-refractivity contribution in [2.75, 3.05) is 5.73 Å². The Morgan fingerprint density at radius 3 is 2.94 bits per heavy atom. The molecule has 2 aromatic heterocycles. The highest BCUT2D eigenvalue weighted by Crippen LogP contribution is 2.10. The number of aryl methyl sites for hydroxylation is 2. The number of thiazole rings is 1. The smallest absolute Gasteiger partial charge is 0.274 e. The SMILES string of the molecule is Cc1csc(CNC(=O)c2nn(C)cc2N)n1. The summed E-state index contributed by atoms with van der Waals surface area (Å²) in [5, 5.41) is 9.53. The molecule has 0 aromatic carbocycles. The minimum atomic E-state index is -0.282. The molecular weight excluding hydrogens is 238 g/mol. The molecular formula is C10H13N5OS. The van der Waals surface area contributed by atoms with Crippen LogP contribution in [0.5, 0.6) is 0 Å². The van der Waals surface area contributed by atoms with Gasteiger partial charge in [-0.25, -0.2) is 4.98 Å². The third-order valence-corrected chi connectivity index (χ3v) is 3.11. The molecule has 0 aliphatic rings. The standard InChI is InChI=1S/C10H13N5OS/c1-6-5-17-8(13-6)3-12-10(16)9-7(11)4-15(2)14-9/h4-5H,3,11H2,1-2H3,(H,12,16). The predicted molar refractivity (Wildman–Crippen MR) is 65.6 cm³/mol. The van der Waals surface area contributed by atoms with Crippen molar-refractivity contribution in [1.82, 2.24) is 20.1 Å². The van der Waals surface area contributed by atoms with E-state index in [0.717, 1.165) is 10.7 Å². The van der Waals surface area contributed by atoms with E-state index >= 15 is 0 Å².